The Labute approximate surface area is 214 Å². The Bertz CT molecular complexity index is 1080. The SMILES string of the molecule is COC1(C(=O)O)C[C@H](O)[C@@H](NC(C)=O)[C@H]([C@H](O)[C@H](O)CNC(=O)Cc2ccc(-c3ccccc3)cc2)O1. The molecule has 1 aliphatic heterocycles. The molecule has 1 aliphatic rings. The maximum absolute atomic E-state index is 12.4. The van der Waals surface area contributed by atoms with E-state index in [-0.39, 0.29) is 6.42 Å². The van der Waals surface area contributed by atoms with Crippen molar-refractivity contribution >= 4 is 17.8 Å². The standard InChI is InChI=1S/C26H32N2O9/c1-15(29)28-22-19(30)13-26(36-2,25(34)35)37-24(22)23(33)20(31)14-27-21(32)12-16-8-10-18(11-9-16)17-6-4-3-5-7-17/h3-11,19-20,22-24,30-31,33H,12-14H2,1-2H3,(H,27,32)(H,28,29)(H,34,35)/t19-,20+,22+,23+,24+,26?/m0/s1. The van der Waals surface area contributed by atoms with Crippen molar-refractivity contribution < 1.29 is 44.3 Å². The summed E-state index contributed by atoms with van der Waals surface area (Å²) in [6, 6.07) is 16.0. The average molecular weight is 517 g/mol. The number of aliphatic hydroxyl groups excluding tert-OH is 3. The highest BCUT2D eigenvalue weighted by Crippen LogP contribution is 2.33. The lowest BCUT2D eigenvalue weighted by molar-refractivity contribution is -0.303. The van der Waals surface area contributed by atoms with Gasteiger partial charge in [-0.3, -0.25) is 9.59 Å². The van der Waals surface area contributed by atoms with E-state index in [1.54, 1.807) is 0 Å². The summed E-state index contributed by atoms with van der Waals surface area (Å²) in [5, 5.41) is 46.3. The monoisotopic (exact) mass is 516 g/mol. The molecule has 200 valence electrons. The van der Waals surface area contributed by atoms with Gasteiger partial charge in [-0.1, -0.05) is 54.6 Å². The Morgan fingerprint density at radius 1 is 1.08 bits per heavy atom. The maximum atomic E-state index is 12.4. The largest absolute Gasteiger partial charge is 0.477 e. The molecule has 3 rings (SSSR count). The molecule has 1 heterocycles. The van der Waals surface area contributed by atoms with Crippen molar-refractivity contribution in [3.63, 3.8) is 0 Å². The number of methoxy groups -OCH3 is 1. The number of aliphatic carboxylic acids is 1. The summed E-state index contributed by atoms with van der Waals surface area (Å²) >= 11 is 0. The normalized spacial score (nSPS) is 25.1. The molecule has 0 bridgehead atoms. The van der Waals surface area contributed by atoms with Crippen molar-refractivity contribution in [2.45, 2.75) is 56.0 Å². The van der Waals surface area contributed by atoms with Crippen LogP contribution in [0, 0.1) is 0 Å². The van der Waals surface area contributed by atoms with Gasteiger partial charge in [0.25, 0.3) is 5.79 Å². The number of carbonyl (C=O) groups excluding carboxylic acids is 2. The van der Waals surface area contributed by atoms with E-state index < -0.39 is 67.0 Å². The van der Waals surface area contributed by atoms with E-state index in [1.165, 1.54) is 6.92 Å². The predicted octanol–water partition coefficient (Wildman–Crippen LogP) is -0.184. The van der Waals surface area contributed by atoms with Crippen molar-refractivity contribution in [3.8, 4) is 11.1 Å². The second kappa shape index (κ2) is 12.3. The Balaban J connectivity index is 1.62. The third kappa shape index (κ3) is 6.90. The lowest BCUT2D eigenvalue weighted by Gasteiger charge is -2.46. The summed E-state index contributed by atoms with van der Waals surface area (Å²) in [5.74, 6) is -4.83. The molecular formula is C26H32N2O9. The Hall–Kier alpha value is -3.35. The summed E-state index contributed by atoms with van der Waals surface area (Å²) in [6.07, 6.45) is -6.92. The number of aliphatic hydroxyl groups is 3. The van der Waals surface area contributed by atoms with Gasteiger partial charge < -0.3 is 40.5 Å². The number of carbonyl (C=O) groups is 3. The van der Waals surface area contributed by atoms with Gasteiger partial charge in [0.05, 0.1) is 24.7 Å². The molecule has 6 atom stereocenters. The van der Waals surface area contributed by atoms with Crippen molar-refractivity contribution in [3.05, 3.63) is 60.2 Å². The average Bonchev–Trinajstić information content (AvgIpc) is 2.88. The van der Waals surface area contributed by atoms with E-state index in [9.17, 15) is 34.8 Å². The minimum atomic E-state index is -2.30. The van der Waals surface area contributed by atoms with Crippen LogP contribution in [0.1, 0.15) is 18.9 Å². The molecule has 11 heteroatoms. The maximum Gasteiger partial charge on any atom is 0.364 e. The molecule has 0 aliphatic carbocycles. The van der Waals surface area contributed by atoms with Gasteiger partial charge in [-0.05, 0) is 16.7 Å². The van der Waals surface area contributed by atoms with Gasteiger partial charge in [0, 0.05) is 27.0 Å². The second-order valence-electron chi connectivity index (χ2n) is 8.94. The van der Waals surface area contributed by atoms with Crippen LogP contribution in [0.5, 0.6) is 0 Å². The van der Waals surface area contributed by atoms with E-state index in [2.05, 4.69) is 10.6 Å². The molecule has 1 unspecified atom stereocenters. The number of nitrogens with one attached hydrogen (secondary N) is 2. The van der Waals surface area contributed by atoms with E-state index in [1.807, 2.05) is 54.6 Å². The van der Waals surface area contributed by atoms with E-state index in [0.29, 0.717) is 0 Å². The molecule has 6 N–H and O–H groups in total. The van der Waals surface area contributed by atoms with E-state index in [4.69, 9.17) is 9.47 Å². The zero-order valence-corrected chi connectivity index (χ0v) is 20.5. The van der Waals surface area contributed by atoms with E-state index in [0.717, 1.165) is 23.8 Å². The summed E-state index contributed by atoms with van der Waals surface area (Å²) in [4.78, 5) is 35.8. The first-order valence-corrected chi connectivity index (χ1v) is 11.7. The molecule has 0 spiro atoms. The number of ether oxygens (including phenoxy) is 2. The molecule has 1 saturated heterocycles. The minimum absolute atomic E-state index is 0.0246. The van der Waals surface area contributed by atoms with Crippen LogP contribution in [-0.2, 0) is 30.3 Å². The Kier molecular flexibility index (Phi) is 9.35. The number of amides is 2. The van der Waals surface area contributed by atoms with Gasteiger partial charge in [-0.2, -0.15) is 0 Å². The third-order valence-electron chi connectivity index (χ3n) is 6.26. The quantitative estimate of drug-likeness (QED) is 0.250. The molecule has 2 aromatic rings. The van der Waals surface area contributed by atoms with Gasteiger partial charge >= 0.3 is 5.97 Å². The van der Waals surface area contributed by atoms with Crippen molar-refractivity contribution in [1.82, 2.24) is 10.6 Å². The molecule has 2 aromatic carbocycles. The Morgan fingerprint density at radius 3 is 2.27 bits per heavy atom. The van der Waals surface area contributed by atoms with Crippen LogP contribution in [-0.4, -0.2) is 88.1 Å². The molecule has 0 aromatic heterocycles. The fourth-order valence-corrected chi connectivity index (χ4v) is 4.27. The Morgan fingerprint density at radius 2 is 1.70 bits per heavy atom. The van der Waals surface area contributed by atoms with Crippen LogP contribution >= 0.6 is 0 Å². The number of hydrogen-bond acceptors (Lipinski definition) is 8. The molecule has 11 nitrogen and oxygen atoms in total. The van der Waals surface area contributed by atoms with Gasteiger partial charge in [-0.25, -0.2) is 4.79 Å². The lowest BCUT2D eigenvalue weighted by Crippen LogP contribution is -2.68. The summed E-state index contributed by atoms with van der Waals surface area (Å²) in [7, 11) is 1.06. The number of carboxylic acids is 1. The van der Waals surface area contributed by atoms with Gasteiger partial charge in [0.2, 0.25) is 11.8 Å². The lowest BCUT2D eigenvalue weighted by atomic mass is 9.88. The topological polar surface area (TPSA) is 175 Å². The van der Waals surface area contributed by atoms with Crippen LogP contribution in [0.15, 0.2) is 54.6 Å². The molecule has 1 fully saturated rings. The van der Waals surface area contributed by atoms with Crippen molar-refractivity contribution in [1.29, 1.82) is 0 Å². The highest BCUT2D eigenvalue weighted by atomic mass is 16.7. The van der Waals surface area contributed by atoms with Crippen LogP contribution in [0.2, 0.25) is 0 Å². The van der Waals surface area contributed by atoms with Crippen LogP contribution < -0.4 is 10.6 Å². The summed E-state index contributed by atoms with van der Waals surface area (Å²) in [5.41, 5.74) is 2.78. The number of rotatable bonds is 10. The van der Waals surface area contributed by atoms with Crippen molar-refractivity contribution in [2.75, 3.05) is 13.7 Å². The third-order valence-corrected chi connectivity index (χ3v) is 6.26. The van der Waals surface area contributed by atoms with Gasteiger partial charge in [0.15, 0.2) is 0 Å². The molecule has 37 heavy (non-hydrogen) atoms. The highest BCUT2D eigenvalue weighted by molar-refractivity contribution is 5.79. The van der Waals surface area contributed by atoms with Gasteiger partial charge in [0.1, 0.15) is 12.2 Å². The smallest absolute Gasteiger partial charge is 0.364 e. The minimum Gasteiger partial charge on any atom is -0.477 e. The second-order valence-corrected chi connectivity index (χ2v) is 8.94. The highest BCUT2D eigenvalue weighted by Gasteiger charge is 2.55. The number of hydrogen-bond donors (Lipinski definition) is 6. The fraction of sp³-hybridized carbons (Fsp3) is 0.423. The molecule has 2 amide bonds. The zero-order chi connectivity index (χ0) is 27.2. The molecule has 0 radical (unpaired) electrons. The zero-order valence-electron chi connectivity index (χ0n) is 20.5. The first-order valence-electron chi connectivity index (χ1n) is 11.7. The van der Waals surface area contributed by atoms with Crippen LogP contribution in [0.4, 0.5) is 0 Å². The van der Waals surface area contributed by atoms with Crippen molar-refractivity contribution in [2.24, 2.45) is 0 Å². The molecule has 0 saturated carbocycles. The first kappa shape index (κ1) is 28.2. The van der Waals surface area contributed by atoms with E-state index >= 15 is 0 Å². The fourth-order valence-electron chi connectivity index (χ4n) is 4.27. The summed E-state index contributed by atoms with van der Waals surface area (Å²) in [6.45, 7) is 0.784. The van der Waals surface area contributed by atoms with Crippen LogP contribution in [0.3, 0.4) is 0 Å². The summed E-state index contributed by atoms with van der Waals surface area (Å²) < 4.78 is 10.5. The van der Waals surface area contributed by atoms with Crippen LogP contribution in [0.25, 0.3) is 11.1 Å². The number of benzene rings is 2. The molecular weight excluding hydrogens is 484 g/mol. The number of carboxylic acid groups (broad SMARTS) is 1. The first-order chi connectivity index (χ1) is 17.6. The predicted molar refractivity (Wildman–Crippen MR) is 131 cm³/mol. The van der Waals surface area contributed by atoms with Gasteiger partial charge in [-0.15, -0.1) is 0 Å².